The van der Waals surface area contributed by atoms with E-state index in [2.05, 4.69) is 20.7 Å². The van der Waals surface area contributed by atoms with Gasteiger partial charge in [0.1, 0.15) is 11.0 Å². The predicted octanol–water partition coefficient (Wildman–Crippen LogP) is 0.617. The summed E-state index contributed by atoms with van der Waals surface area (Å²) < 4.78 is 0. The molecule has 1 aromatic carbocycles. The maximum absolute atomic E-state index is 11.7. The second-order valence-corrected chi connectivity index (χ2v) is 4.30. The Hall–Kier alpha value is -2.44. The van der Waals surface area contributed by atoms with Crippen LogP contribution in [0.5, 0.6) is 0 Å². The van der Waals surface area contributed by atoms with E-state index < -0.39 is 17.8 Å². The molecule has 18 heavy (non-hydrogen) atoms. The Bertz CT molecular complexity index is 636. The number of aromatic nitrogens is 3. The minimum atomic E-state index is -0.915. The van der Waals surface area contributed by atoms with Gasteiger partial charge in [-0.15, -0.1) is 0 Å². The van der Waals surface area contributed by atoms with Gasteiger partial charge in [-0.05, 0) is 24.6 Å². The molecule has 1 aliphatic rings. The second-order valence-electron chi connectivity index (χ2n) is 4.30. The first-order valence-corrected chi connectivity index (χ1v) is 5.49. The van der Waals surface area contributed by atoms with Crippen molar-refractivity contribution in [3.8, 4) is 0 Å². The average molecular weight is 246 g/mol. The number of hydrogen-bond donors (Lipinski definition) is 3. The number of carbonyl (C=O) groups is 2. The highest BCUT2D eigenvalue weighted by molar-refractivity contribution is 5.99. The number of aromatic amines is 1. The molecule has 2 aromatic rings. The molecule has 1 saturated carbocycles. The molecule has 0 bridgehead atoms. The molecule has 1 aromatic heterocycles. The number of rotatable bonds is 3. The quantitative estimate of drug-likeness (QED) is 0.735. The minimum absolute atomic E-state index is 0.259. The van der Waals surface area contributed by atoms with Crippen LogP contribution in [-0.4, -0.2) is 32.4 Å². The first-order valence-electron chi connectivity index (χ1n) is 5.49. The number of anilines is 1. The Kier molecular flexibility index (Phi) is 2.26. The number of hydrogen-bond acceptors (Lipinski definition) is 4. The zero-order chi connectivity index (χ0) is 12.7. The van der Waals surface area contributed by atoms with E-state index >= 15 is 0 Å². The summed E-state index contributed by atoms with van der Waals surface area (Å²) in [7, 11) is 0. The van der Waals surface area contributed by atoms with Crippen molar-refractivity contribution in [2.45, 2.75) is 6.42 Å². The predicted molar refractivity (Wildman–Crippen MR) is 61.8 cm³/mol. The maximum atomic E-state index is 11.7. The third kappa shape index (κ3) is 1.79. The number of nitrogens with one attached hydrogen (secondary N) is 2. The van der Waals surface area contributed by atoms with E-state index in [4.69, 9.17) is 5.11 Å². The Morgan fingerprint density at radius 2 is 2.06 bits per heavy atom. The fourth-order valence-corrected chi connectivity index (χ4v) is 1.91. The van der Waals surface area contributed by atoms with Crippen LogP contribution in [0.2, 0.25) is 0 Å². The Morgan fingerprint density at radius 1 is 1.28 bits per heavy atom. The van der Waals surface area contributed by atoms with Crippen LogP contribution in [0.1, 0.15) is 6.42 Å². The number of carboxylic acid groups (broad SMARTS) is 1. The lowest BCUT2D eigenvalue weighted by atomic mass is 10.2. The highest BCUT2D eigenvalue weighted by Crippen LogP contribution is 2.39. The molecule has 1 fully saturated rings. The number of benzene rings is 1. The van der Waals surface area contributed by atoms with Crippen LogP contribution < -0.4 is 5.32 Å². The lowest BCUT2D eigenvalue weighted by Crippen LogP contribution is -2.16. The van der Waals surface area contributed by atoms with E-state index in [1.807, 2.05) is 0 Å². The molecule has 1 heterocycles. The maximum Gasteiger partial charge on any atom is 0.307 e. The van der Waals surface area contributed by atoms with Gasteiger partial charge >= 0.3 is 5.97 Å². The summed E-state index contributed by atoms with van der Waals surface area (Å²) in [6.07, 6.45) is 0.410. The standard InChI is InChI=1S/C11H10N4O3/c16-10(6-4-7(6)11(17)18)12-5-1-2-8-9(3-5)14-15-13-8/h1-3,6-7H,4H2,(H,12,16)(H,17,18)(H,13,14,15). The van der Waals surface area contributed by atoms with Gasteiger partial charge in [0, 0.05) is 5.69 Å². The summed E-state index contributed by atoms with van der Waals surface area (Å²) in [6.45, 7) is 0. The van der Waals surface area contributed by atoms with E-state index in [-0.39, 0.29) is 5.91 Å². The van der Waals surface area contributed by atoms with E-state index in [1.165, 1.54) is 0 Å². The number of nitrogens with zero attached hydrogens (tertiary/aromatic N) is 2. The van der Waals surface area contributed by atoms with Crippen molar-refractivity contribution < 1.29 is 14.7 Å². The van der Waals surface area contributed by atoms with Crippen LogP contribution in [0, 0.1) is 11.8 Å². The molecule has 0 aliphatic heterocycles. The van der Waals surface area contributed by atoms with Gasteiger partial charge in [0.05, 0.1) is 11.8 Å². The fourth-order valence-electron chi connectivity index (χ4n) is 1.91. The fraction of sp³-hybridized carbons (Fsp3) is 0.273. The number of carboxylic acids is 1. The van der Waals surface area contributed by atoms with Crippen molar-refractivity contribution in [3.63, 3.8) is 0 Å². The number of aliphatic carboxylic acids is 1. The summed E-state index contributed by atoms with van der Waals surface area (Å²) >= 11 is 0. The molecular weight excluding hydrogens is 236 g/mol. The van der Waals surface area contributed by atoms with Crippen LogP contribution in [0.3, 0.4) is 0 Å². The van der Waals surface area contributed by atoms with Gasteiger partial charge in [0.15, 0.2) is 0 Å². The monoisotopic (exact) mass is 246 g/mol. The van der Waals surface area contributed by atoms with Gasteiger partial charge in [-0.3, -0.25) is 9.59 Å². The van der Waals surface area contributed by atoms with Gasteiger partial charge in [-0.25, -0.2) is 0 Å². The molecule has 7 nitrogen and oxygen atoms in total. The van der Waals surface area contributed by atoms with Crippen molar-refractivity contribution >= 4 is 28.6 Å². The van der Waals surface area contributed by atoms with Crippen molar-refractivity contribution in [1.29, 1.82) is 0 Å². The van der Waals surface area contributed by atoms with E-state index in [9.17, 15) is 9.59 Å². The molecule has 92 valence electrons. The summed E-state index contributed by atoms with van der Waals surface area (Å²) in [4.78, 5) is 22.4. The number of fused-ring (bicyclic) bond motifs is 1. The lowest BCUT2D eigenvalue weighted by Gasteiger charge is -2.03. The van der Waals surface area contributed by atoms with Crippen LogP contribution >= 0.6 is 0 Å². The summed E-state index contributed by atoms with van der Waals surface area (Å²) in [5.41, 5.74) is 1.96. The average Bonchev–Trinajstić information content (AvgIpc) is 3.02. The Labute approximate surface area is 101 Å². The van der Waals surface area contributed by atoms with Crippen LogP contribution in [0.15, 0.2) is 18.2 Å². The lowest BCUT2D eigenvalue weighted by molar-refractivity contribution is -0.139. The molecule has 1 aliphatic carbocycles. The SMILES string of the molecule is O=C(O)C1CC1C(=O)Nc1ccc2n[nH]nc2c1. The van der Waals surface area contributed by atoms with Crippen molar-refractivity contribution in [2.24, 2.45) is 11.8 Å². The minimum Gasteiger partial charge on any atom is -0.481 e. The topological polar surface area (TPSA) is 108 Å². The largest absolute Gasteiger partial charge is 0.481 e. The van der Waals surface area contributed by atoms with Crippen molar-refractivity contribution in [3.05, 3.63) is 18.2 Å². The van der Waals surface area contributed by atoms with Crippen LogP contribution in [0.25, 0.3) is 11.0 Å². The zero-order valence-corrected chi connectivity index (χ0v) is 9.25. The van der Waals surface area contributed by atoms with E-state index in [1.54, 1.807) is 18.2 Å². The molecule has 7 heteroatoms. The van der Waals surface area contributed by atoms with Gasteiger partial charge in [-0.2, -0.15) is 15.4 Å². The molecule has 0 saturated heterocycles. The van der Waals surface area contributed by atoms with Gasteiger partial charge in [0.2, 0.25) is 5.91 Å². The normalized spacial score (nSPS) is 21.8. The van der Waals surface area contributed by atoms with Gasteiger partial charge < -0.3 is 10.4 Å². The summed E-state index contributed by atoms with van der Waals surface area (Å²) in [6, 6.07) is 5.13. The molecule has 3 N–H and O–H groups in total. The summed E-state index contributed by atoms with van der Waals surface area (Å²) in [5.74, 6) is -2.14. The molecule has 1 amide bonds. The van der Waals surface area contributed by atoms with Crippen LogP contribution in [0.4, 0.5) is 5.69 Å². The van der Waals surface area contributed by atoms with Crippen molar-refractivity contribution in [2.75, 3.05) is 5.32 Å². The Balaban J connectivity index is 1.72. The number of amides is 1. The first kappa shape index (κ1) is 10.7. The van der Waals surface area contributed by atoms with Crippen LogP contribution in [-0.2, 0) is 9.59 Å². The summed E-state index contributed by atoms with van der Waals surface area (Å²) in [5, 5.41) is 21.7. The van der Waals surface area contributed by atoms with Crippen molar-refractivity contribution in [1.82, 2.24) is 15.4 Å². The number of H-pyrrole nitrogens is 1. The molecule has 2 atom stereocenters. The Morgan fingerprint density at radius 3 is 2.78 bits per heavy atom. The highest BCUT2D eigenvalue weighted by atomic mass is 16.4. The van der Waals surface area contributed by atoms with Gasteiger partial charge in [0.25, 0.3) is 0 Å². The first-order chi connectivity index (χ1) is 8.65. The number of carbonyl (C=O) groups excluding carboxylic acids is 1. The molecule has 0 radical (unpaired) electrons. The second kappa shape index (κ2) is 3.80. The molecule has 3 rings (SSSR count). The molecule has 0 spiro atoms. The highest BCUT2D eigenvalue weighted by Gasteiger charge is 2.48. The van der Waals surface area contributed by atoms with Gasteiger partial charge in [-0.1, -0.05) is 0 Å². The molecule has 2 unspecified atom stereocenters. The van der Waals surface area contributed by atoms with E-state index in [0.29, 0.717) is 23.1 Å². The third-order valence-corrected chi connectivity index (χ3v) is 3.03. The third-order valence-electron chi connectivity index (χ3n) is 3.03. The smallest absolute Gasteiger partial charge is 0.307 e. The zero-order valence-electron chi connectivity index (χ0n) is 9.25. The van der Waals surface area contributed by atoms with E-state index in [0.717, 1.165) is 0 Å². The molecular formula is C11H10N4O3.